The first-order chi connectivity index (χ1) is 8.61. The van der Waals surface area contributed by atoms with Crippen molar-refractivity contribution in [1.82, 2.24) is 10.2 Å². The zero-order chi connectivity index (χ0) is 13.1. The van der Waals surface area contributed by atoms with Gasteiger partial charge in [-0.1, -0.05) is 38.1 Å². The van der Waals surface area contributed by atoms with Gasteiger partial charge in [0.25, 0.3) is 0 Å². The van der Waals surface area contributed by atoms with Gasteiger partial charge < -0.3 is 10.2 Å². The number of urea groups is 1. The fraction of sp³-hybridized carbons (Fsp3) is 0.500. The maximum absolute atomic E-state index is 11.7. The summed E-state index contributed by atoms with van der Waals surface area (Å²) in [6, 6.07) is 8.65. The molecule has 0 radical (unpaired) electrons. The molecule has 4 heteroatoms. The molecular formula is C14H20N2OS. The predicted molar refractivity (Wildman–Crippen MR) is 77.2 cm³/mol. The smallest absolute Gasteiger partial charge is 0.318 e. The normalized spacial score (nSPS) is 19.4. The number of carbonyl (C=O) groups is 1. The van der Waals surface area contributed by atoms with Crippen LogP contribution in [0.3, 0.4) is 0 Å². The van der Waals surface area contributed by atoms with E-state index in [1.165, 1.54) is 11.1 Å². The third kappa shape index (κ3) is 2.80. The Balaban J connectivity index is 2.07. The number of thiol groups is 1. The van der Waals surface area contributed by atoms with Gasteiger partial charge in [-0.2, -0.15) is 12.6 Å². The summed E-state index contributed by atoms with van der Waals surface area (Å²) in [6.07, 6.45) is 0. The fourth-order valence-corrected chi connectivity index (χ4v) is 2.45. The number of hydrogen-bond donors (Lipinski definition) is 2. The topological polar surface area (TPSA) is 32.3 Å². The van der Waals surface area contributed by atoms with Crippen LogP contribution in [0.5, 0.6) is 0 Å². The first-order valence-electron chi connectivity index (χ1n) is 6.38. The molecule has 1 aliphatic rings. The van der Waals surface area contributed by atoms with Crippen molar-refractivity contribution in [2.24, 2.45) is 0 Å². The molecule has 0 saturated carbocycles. The molecule has 0 aromatic heterocycles. The van der Waals surface area contributed by atoms with Crippen molar-refractivity contribution in [3.05, 3.63) is 35.4 Å². The van der Waals surface area contributed by atoms with Gasteiger partial charge in [0.15, 0.2) is 0 Å². The van der Waals surface area contributed by atoms with Gasteiger partial charge in [0.05, 0.1) is 6.04 Å². The zero-order valence-electron chi connectivity index (χ0n) is 10.9. The highest BCUT2D eigenvalue weighted by Crippen LogP contribution is 2.22. The highest BCUT2D eigenvalue weighted by molar-refractivity contribution is 7.80. The Morgan fingerprint density at radius 2 is 2.06 bits per heavy atom. The highest BCUT2D eigenvalue weighted by Gasteiger charge is 2.28. The summed E-state index contributed by atoms with van der Waals surface area (Å²) in [4.78, 5) is 13.5. The van der Waals surface area contributed by atoms with Crippen LogP contribution in [0.4, 0.5) is 4.79 Å². The maximum Gasteiger partial charge on any atom is 0.318 e. The van der Waals surface area contributed by atoms with Gasteiger partial charge in [-0.3, -0.25) is 0 Å². The molecule has 0 spiro atoms. The summed E-state index contributed by atoms with van der Waals surface area (Å²) >= 11 is 4.17. The molecule has 0 bridgehead atoms. The van der Waals surface area contributed by atoms with Crippen molar-refractivity contribution >= 4 is 18.7 Å². The van der Waals surface area contributed by atoms with E-state index in [2.05, 4.69) is 56.1 Å². The maximum atomic E-state index is 11.7. The van der Waals surface area contributed by atoms with Crippen LogP contribution in [0.2, 0.25) is 0 Å². The SMILES string of the molecule is CC(C)c1ccc(C2CN(CCS)C(=O)N2)cc1. The second kappa shape index (κ2) is 5.65. The molecule has 1 unspecified atom stereocenters. The monoisotopic (exact) mass is 264 g/mol. The second-order valence-electron chi connectivity index (χ2n) is 4.99. The molecule has 1 aliphatic heterocycles. The van der Waals surface area contributed by atoms with E-state index in [0.717, 1.165) is 6.54 Å². The largest absolute Gasteiger partial charge is 0.329 e. The van der Waals surface area contributed by atoms with Gasteiger partial charge in [0, 0.05) is 18.8 Å². The Hall–Kier alpha value is -1.16. The average Bonchev–Trinajstić information content (AvgIpc) is 2.72. The minimum atomic E-state index is 0.0157. The van der Waals surface area contributed by atoms with Gasteiger partial charge in [0.1, 0.15) is 0 Å². The standard InChI is InChI=1S/C14H20N2OS/c1-10(2)11-3-5-12(6-4-11)13-9-16(7-8-18)14(17)15-13/h3-6,10,13,18H,7-9H2,1-2H3,(H,15,17). The van der Waals surface area contributed by atoms with Gasteiger partial charge in [-0.05, 0) is 17.0 Å². The van der Waals surface area contributed by atoms with E-state index < -0.39 is 0 Å². The van der Waals surface area contributed by atoms with Crippen molar-refractivity contribution in [3.8, 4) is 0 Å². The Bertz CT molecular complexity index is 416. The van der Waals surface area contributed by atoms with Gasteiger partial charge in [-0.15, -0.1) is 0 Å². The zero-order valence-corrected chi connectivity index (χ0v) is 11.8. The van der Waals surface area contributed by atoms with Crippen molar-refractivity contribution < 1.29 is 4.79 Å². The molecule has 3 nitrogen and oxygen atoms in total. The molecule has 2 rings (SSSR count). The van der Waals surface area contributed by atoms with Crippen molar-refractivity contribution in [2.75, 3.05) is 18.8 Å². The van der Waals surface area contributed by atoms with E-state index in [4.69, 9.17) is 0 Å². The fourth-order valence-electron chi connectivity index (χ4n) is 2.20. The van der Waals surface area contributed by atoms with E-state index in [9.17, 15) is 4.79 Å². The quantitative estimate of drug-likeness (QED) is 0.805. The molecule has 1 saturated heterocycles. The Morgan fingerprint density at radius 3 is 2.61 bits per heavy atom. The molecule has 98 valence electrons. The lowest BCUT2D eigenvalue weighted by atomic mass is 9.99. The van der Waals surface area contributed by atoms with Gasteiger partial charge in [-0.25, -0.2) is 4.79 Å². The summed E-state index contributed by atoms with van der Waals surface area (Å²) in [7, 11) is 0. The molecule has 1 atom stereocenters. The average molecular weight is 264 g/mol. The van der Waals surface area contributed by atoms with Crippen LogP contribution in [0.15, 0.2) is 24.3 Å². The lowest BCUT2D eigenvalue weighted by molar-refractivity contribution is 0.220. The summed E-state index contributed by atoms with van der Waals surface area (Å²) in [5.41, 5.74) is 2.50. The number of rotatable bonds is 4. The molecule has 1 aromatic carbocycles. The number of amides is 2. The lowest BCUT2D eigenvalue weighted by Crippen LogP contribution is -2.29. The Morgan fingerprint density at radius 1 is 1.39 bits per heavy atom. The van der Waals surface area contributed by atoms with E-state index in [1.54, 1.807) is 0 Å². The van der Waals surface area contributed by atoms with Crippen molar-refractivity contribution in [2.45, 2.75) is 25.8 Å². The number of nitrogens with one attached hydrogen (secondary N) is 1. The molecule has 1 heterocycles. The van der Waals surface area contributed by atoms with Crippen molar-refractivity contribution in [1.29, 1.82) is 0 Å². The molecule has 18 heavy (non-hydrogen) atoms. The van der Waals surface area contributed by atoms with Crippen molar-refractivity contribution in [3.63, 3.8) is 0 Å². The highest BCUT2D eigenvalue weighted by atomic mass is 32.1. The van der Waals surface area contributed by atoms with E-state index in [-0.39, 0.29) is 12.1 Å². The lowest BCUT2D eigenvalue weighted by Gasteiger charge is -2.13. The first-order valence-corrected chi connectivity index (χ1v) is 7.01. The minimum Gasteiger partial charge on any atom is -0.329 e. The molecular weight excluding hydrogens is 244 g/mol. The number of benzene rings is 1. The number of hydrogen-bond acceptors (Lipinski definition) is 2. The van der Waals surface area contributed by atoms with Gasteiger partial charge >= 0.3 is 6.03 Å². The van der Waals surface area contributed by atoms with E-state index in [1.807, 2.05) is 4.90 Å². The summed E-state index contributed by atoms with van der Waals surface area (Å²) < 4.78 is 0. The van der Waals surface area contributed by atoms with Crippen LogP contribution in [-0.2, 0) is 0 Å². The molecule has 0 aliphatic carbocycles. The van der Waals surface area contributed by atoms with Crippen LogP contribution < -0.4 is 5.32 Å². The Kier molecular flexibility index (Phi) is 4.17. The van der Waals surface area contributed by atoms with E-state index in [0.29, 0.717) is 18.2 Å². The number of nitrogens with zero attached hydrogens (tertiary/aromatic N) is 1. The summed E-state index contributed by atoms with van der Waals surface area (Å²) in [5, 5.41) is 3.01. The summed E-state index contributed by atoms with van der Waals surface area (Å²) in [5.74, 6) is 1.24. The third-order valence-corrected chi connectivity index (χ3v) is 3.56. The Labute approximate surface area is 114 Å². The molecule has 1 aromatic rings. The van der Waals surface area contributed by atoms with E-state index >= 15 is 0 Å². The molecule has 2 amide bonds. The van der Waals surface area contributed by atoms with Crippen LogP contribution in [-0.4, -0.2) is 29.8 Å². The van der Waals surface area contributed by atoms with Gasteiger partial charge in [0.2, 0.25) is 0 Å². The number of carbonyl (C=O) groups excluding carboxylic acids is 1. The predicted octanol–water partition coefficient (Wildman–Crippen LogP) is 2.81. The van der Waals surface area contributed by atoms with Crippen LogP contribution >= 0.6 is 12.6 Å². The molecule has 1 fully saturated rings. The first kappa shape index (κ1) is 13.3. The second-order valence-corrected chi connectivity index (χ2v) is 5.44. The van der Waals surface area contributed by atoms with Crippen LogP contribution in [0, 0.1) is 0 Å². The minimum absolute atomic E-state index is 0.0157. The molecule has 1 N–H and O–H groups in total. The third-order valence-electron chi connectivity index (χ3n) is 3.36. The van der Waals surface area contributed by atoms with Crippen LogP contribution in [0.25, 0.3) is 0 Å². The summed E-state index contributed by atoms with van der Waals surface area (Å²) in [6.45, 7) is 5.80. The van der Waals surface area contributed by atoms with Crippen LogP contribution in [0.1, 0.15) is 36.9 Å².